The van der Waals surface area contributed by atoms with Gasteiger partial charge in [-0.05, 0) is 43.5 Å². The second-order valence-corrected chi connectivity index (χ2v) is 5.32. The maximum Gasteiger partial charge on any atom is 0.122 e. The molecule has 1 unspecified atom stereocenters. The Morgan fingerprint density at radius 1 is 1.20 bits per heavy atom. The van der Waals surface area contributed by atoms with Crippen molar-refractivity contribution in [3.05, 3.63) is 52.0 Å². The number of ether oxygens (including phenoxy) is 1. The van der Waals surface area contributed by atoms with Gasteiger partial charge in [-0.25, -0.2) is 5.43 Å². The molecule has 0 saturated heterocycles. The average Bonchev–Trinajstić information content (AvgIpc) is 2.99. The highest BCUT2D eigenvalue weighted by molar-refractivity contribution is 5.46. The molecule has 4 heteroatoms. The lowest BCUT2D eigenvalue weighted by atomic mass is 9.94. The van der Waals surface area contributed by atoms with E-state index in [9.17, 15) is 0 Å². The molecule has 20 heavy (non-hydrogen) atoms. The van der Waals surface area contributed by atoms with Crippen LogP contribution in [0.2, 0.25) is 0 Å². The van der Waals surface area contributed by atoms with Crippen molar-refractivity contribution < 1.29 is 9.15 Å². The van der Waals surface area contributed by atoms with Gasteiger partial charge in [0.2, 0.25) is 0 Å². The topological polar surface area (TPSA) is 60.4 Å². The number of furan rings is 1. The van der Waals surface area contributed by atoms with Gasteiger partial charge in [0.25, 0.3) is 0 Å². The molecule has 1 aromatic heterocycles. The van der Waals surface area contributed by atoms with E-state index >= 15 is 0 Å². The molecule has 1 aliphatic rings. The van der Waals surface area contributed by atoms with Gasteiger partial charge in [-0.1, -0.05) is 12.1 Å². The van der Waals surface area contributed by atoms with Crippen molar-refractivity contribution >= 4 is 0 Å². The molecule has 0 bridgehead atoms. The van der Waals surface area contributed by atoms with Crippen molar-refractivity contribution in [1.29, 1.82) is 0 Å². The molecular formula is C16H20N2O2. The molecule has 1 aliphatic heterocycles. The Labute approximate surface area is 118 Å². The summed E-state index contributed by atoms with van der Waals surface area (Å²) in [5, 5.41) is 0. The summed E-state index contributed by atoms with van der Waals surface area (Å²) in [6.07, 6.45) is 0.961. The van der Waals surface area contributed by atoms with Crippen LogP contribution in [0.3, 0.4) is 0 Å². The largest absolute Gasteiger partial charge is 0.493 e. The first-order chi connectivity index (χ1) is 9.61. The van der Waals surface area contributed by atoms with Crippen molar-refractivity contribution in [2.24, 2.45) is 5.84 Å². The van der Waals surface area contributed by atoms with E-state index in [-0.39, 0.29) is 6.04 Å². The summed E-state index contributed by atoms with van der Waals surface area (Å²) in [5.74, 6) is 8.66. The minimum absolute atomic E-state index is 0.0571. The SMILES string of the molecule is Cc1oc(C)c(C(NN)c2ccc3c(c2)CCO3)c1C. The fourth-order valence-electron chi connectivity index (χ4n) is 2.97. The molecule has 0 amide bonds. The molecule has 3 rings (SSSR count). The van der Waals surface area contributed by atoms with Crippen LogP contribution in [0.15, 0.2) is 22.6 Å². The quantitative estimate of drug-likeness (QED) is 0.666. The molecule has 0 spiro atoms. The smallest absolute Gasteiger partial charge is 0.122 e. The Bertz CT molecular complexity index is 646. The van der Waals surface area contributed by atoms with Crippen LogP contribution in [0.5, 0.6) is 5.75 Å². The van der Waals surface area contributed by atoms with Crippen LogP contribution >= 0.6 is 0 Å². The Balaban J connectivity index is 2.06. The van der Waals surface area contributed by atoms with E-state index in [1.807, 2.05) is 19.9 Å². The molecule has 106 valence electrons. The predicted molar refractivity (Wildman–Crippen MR) is 77.7 cm³/mol. The standard InChI is InChI=1S/C16H20N2O2/c1-9-10(2)20-11(3)15(9)16(18-17)13-4-5-14-12(8-13)6-7-19-14/h4-5,8,16,18H,6-7,17H2,1-3H3. The first-order valence-electron chi connectivity index (χ1n) is 6.90. The van der Waals surface area contributed by atoms with Crippen LogP contribution in [-0.2, 0) is 6.42 Å². The Kier molecular flexibility index (Phi) is 3.28. The molecular weight excluding hydrogens is 252 g/mol. The van der Waals surface area contributed by atoms with E-state index in [2.05, 4.69) is 24.5 Å². The number of nitrogens with one attached hydrogen (secondary N) is 1. The third-order valence-electron chi connectivity index (χ3n) is 4.12. The van der Waals surface area contributed by atoms with Gasteiger partial charge in [0.05, 0.1) is 12.6 Å². The van der Waals surface area contributed by atoms with E-state index in [1.54, 1.807) is 0 Å². The fourth-order valence-corrected chi connectivity index (χ4v) is 2.97. The number of rotatable bonds is 3. The number of fused-ring (bicyclic) bond motifs is 1. The van der Waals surface area contributed by atoms with Crippen molar-refractivity contribution in [3.63, 3.8) is 0 Å². The van der Waals surface area contributed by atoms with Crippen LogP contribution in [0.25, 0.3) is 0 Å². The lowest BCUT2D eigenvalue weighted by Crippen LogP contribution is -2.29. The van der Waals surface area contributed by atoms with Crippen molar-refractivity contribution in [1.82, 2.24) is 5.43 Å². The first kappa shape index (κ1) is 13.2. The van der Waals surface area contributed by atoms with Gasteiger partial charge >= 0.3 is 0 Å². The summed E-state index contributed by atoms with van der Waals surface area (Å²) in [6.45, 7) is 6.80. The summed E-state index contributed by atoms with van der Waals surface area (Å²) in [4.78, 5) is 0. The number of benzene rings is 1. The normalized spacial score (nSPS) is 15.0. The van der Waals surface area contributed by atoms with Gasteiger partial charge in [0, 0.05) is 12.0 Å². The Morgan fingerprint density at radius 2 is 2.00 bits per heavy atom. The fraction of sp³-hybridized carbons (Fsp3) is 0.375. The Hall–Kier alpha value is -1.78. The minimum atomic E-state index is -0.0571. The third-order valence-corrected chi connectivity index (χ3v) is 4.12. The average molecular weight is 272 g/mol. The second-order valence-electron chi connectivity index (χ2n) is 5.32. The first-order valence-corrected chi connectivity index (χ1v) is 6.90. The van der Waals surface area contributed by atoms with Crippen LogP contribution in [-0.4, -0.2) is 6.61 Å². The van der Waals surface area contributed by atoms with Gasteiger partial charge in [-0.15, -0.1) is 0 Å². The van der Waals surface area contributed by atoms with E-state index in [0.717, 1.165) is 47.0 Å². The summed E-state index contributed by atoms with van der Waals surface area (Å²) in [6, 6.07) is 6.21. The van der Waals surface area contributed by atoms with Gasteiger partial charge in [-0.2, -0.15) is 0 Å². The van der Waals surface area contributed by atoms with Gasteiger partial charge in [0.15, 0.2) is 0 Å². The zero-order valence-electron chi connectivity index (χ0n) is 12.1. The highest BCUT2D eigenvalue weighted by Gasteiger charge is 2.23. The van der Waals surface area contributed by atoms with Crippen molar-refractivity contribution in [3.8, 4) is 5.75 Å². The maximum absolute atomic E-state index is 5.81. The van der Waals surface area contributed by atoms with Gasteiger partial charge in [-0.3, -0.25) is 5.84 Å². The number of hydrogen-bond donors (Lipinski definition) is 2. The lowest BCUT2D eigenvalue weighted by molar-refractivity contribution is 0.357. The van der Waals surface area contributed by atoms with Crippen LogP contribution in [0.4, 0.5) is 0 Å². The predicted octanol–water partition coefficient (Wildman–Crippen LogP) is 2.69. The summed E-state index contributed by atoms with van der Waals surface area (Å²) >= 11 is 0. The minimum Gasteiger partial charge on any atom is -0.493 e. The van der Waals surface area contributed by atoms with E-state index in [4.69, 9.17) is 15.0 Å². The molecule has 3 N–H and O–H groups in total. The summed E-state index contributed by atoms with van der Waals surface area (Å²) in [5.41, 5.74) is 7.59. The van der Waals surface area contributed by atoms with Crippen molar-refractivity contribution in [2.75, 3.05) is 6.61 Å². The summed E-state index contributed by atoms with van der Waals surface area (Å²) < 4.78 is 11.3. The van der Waals surface area contributed by atoms with E-state index in [1.165, 1.54) is 5.56 Å². The molecule has 2 aromatic rings. The monoisotopic (exact) mass is 272 g/mol. The summed E-state index contributed by atoms with van der Waals surface area (Å²) in [7, 11) is 0. The molecule has 1 aromatic carbocycles. The zero-order valence-corrected chi connectivity index (χ0v) is 12.1. The van der Waals surface area contributed by atoms with Gasteiger partial charge in [0.1, 0.15) is 17.3 Å². The van der Waals surface area contributed by atoms with E-state index in [0.29, 0.717) is 0 Å². The molecule has 0 fully saturated rings. The molecule has 1 atom stereocenters. The lowest BCUT2D eigenvalue weighted by Gasteiger charge is -2.18. The molecule has 0 aliphatic carbocycles. The highest BCUT2D eigenvalue weighted by Crippen LogP contribution is 2.34. The molecule has 4 nitrogen and oxygen atoms in total. The molecule has 2 heterocycles. The number of hydrazine groups is 1. The molecule has 0 radical (unpaired) electrons. The van der Waals surface area contributed by atoms with Crippen LogP contribution in [0, 0.1) is 20.8 Å². The van der Waals surface area contributed by atoms with Gasteiger partial charge < -0.3 is 9.15 Å². The second kappa shape index (κ2) is 4.96. The zero-order chi connectivity index (χ0) is 14.3. The maximum atomic E-state index is 5.81. The van der Waals surface area contributed by atoms with Crippen LogP contribution < -0.4 is 16.0 Å². The number of nitrogens with two attached hydrogens (primary N) is 1. The highest BCUT2D eigenvalue weighted by atomic mass is 16.5. The third kappa shape index (κ3) is 2.01. The Morgan fingerprint density at radius 3 is 2.65 bits per heavy atom. The number of aryl methyl sites for hydroxylation is 2. The number of hydrogen-bond acceptors (Lipinski definition) is 4. The van der Waals surface area contributed by atoms with Crippen molar-refractivity contribution in [2.45, 2.75) is 33.2 Å². The van der Waals surface area contributed by atoms with E-state index < -0.39 is 0 Å². The van der Waals surface area contributed by atoms with Crippen LogP contribution in [0.1, 0.15) is 39.8 Å². The molecule has 0 saturated carbocycles.